The van der Waals surface area contributed by atoms with Gasteiger partial charge in [-0.2, -0.15) is 0 Å². The maximum absolute atomic E-state index is 12.0. The van der Waals surface area contributed by atoms with Gasteiger partial charge in [-0.25, -0.2) is 0 Å². The minimum absolute atomic E-state index is 0.0381. The standard InChI is InChI=1S/C12H15BrN2O2/c1-17-11-7-14-6-10(11)15-12(16)8-2-4-9(13)5-3-8/h2-5,10-11,14H,6-7H2,1H3,(H,15,16)/t10?,11-/m1/s1. The van der Waals surface area contributed by atoms with Crippen LogP contribution in [0.15, 0.2) is 28.7 Å². The molecule has 0 aromatic heterocycles. The van der Waals surface area contributed by atoms with Crippen LogP contribution in [0.2, 0.25) is 0 Å². The Morgan fingerprint density at radius 1 is 1.41 bits per heavy atom. The maximum atomic E-state index is 12.0. The Morgan fingerprint density at radius 2 is 2.12 bits per heavy atom. The molecule has 2 rings (SSSR count). The molecule has 0 spiro atoms. The highest BCUT2D eigenvalue weighted by molar-refractivity contribution is 9.10. The Hall–Kier alpha value is -0.910. The van der Waals surface area contributed by atoms with Crippen molar-refractivity contribution < 1.29 is 9.53 Å². The number of nitrogens with one attached hydrogen (secondary N) is 2. The summed E-state index contributed by atoms with van der Waals surface area (Å²) in [7, 11) is 1.66. The van der Waals surface area contributed by atoms with Crippen LogP contribution in [0.4, 0.5) is 0 Å². The fraction of sp³-hybridized carbons (Fsp3) is 0.417. The zero-order chi connectivity index (χ0) is 12.3. The summed E-state index contributed by atoms with van der Waals surface area (Å²) in [6.07, 6.45) is 0.0504. The van der Waals surface area contributed by atoms with E-state index >= 15 is 0 Å². The Bertz CT molecular complexity index is 394. The Balaban J connectivity index is 1.99. The highest BCUT2D eigenvalue weighted by Crippen LogP contribution is 2.11. The van der Waals surface area contributed by atoms with Crippen LogP contribution in [0.1, 0.15) is 10.4 Å². The third-order valence-electron chi connectivity index (χ3n) is 2.88. The van der Waals surface area contributed by atoms with Crippen molar-refractivity contribution in [1.82, 2.24) is 10.6 Å². The molecule has 2 atom stereocenters. The van der Waals surface area contributed by atoms with Crippen LogP contribution in [-0.2, 0) is 4.74 Å². The zero-order valence-electron chi connectivity index (χ0n) is 9.57. The number of hydrogen-bond donors (Lipinski definition) is 2. The molecule has 1 aromatic rings. The van der Waals surface area contributed by atoms with Gasteiger partial charge in [0.25, 0.3) is 5.91 Å². The average Bonchev–Trinajstić information content (AvgIpc) is 2.77. The highest BCUT2D eigenvalue weighted by atomic mass is 79.9. The first kappa shape index (κ1) is 12.5. The van der Waals surface area contributed by atoms with Gasteiger partial charge in [-0.05, 0) is 24.3 Å². The van der Waals surface area contributed by atoms with E-state index in [1.165, 1.54) is 0 Å². The number of methoxy groups -OCH3 is 1. The first-order valence-electron chi connectivity index (χ1n) is 5.50. The Morgan fingerprint density at radius 3 is 2.76 bits per heavy atom. The van der Waals surface area contributed by atoms with E-state index in [0.717, 1.165) is 17.6 Å². The van der Waals surface area contributed by atoms with Crippen LogP contribution in [0.25, 0.3) is 0 Å². The van der Waals surface area contributed by atoms with Gasteiger partial charge in [-0.1, -0.05) is 15.9 Å². The van der Waals surface area contributed by atoms with Gasteiger partial charge in [0.1, 0.15) is 0 Å². The molecule has 1 saturated heterocycles. The van der Waals surface area contributed by atoms with Crippen molar-refractivity contribution in [2.75, 3.05) is 20.2 Å². The van der Waals surface area contributed by atoms with Gasteiger partial charge in [0.05, 0.1) is 12.1 Å². The molecular weight excluding hydrogens is 284 g/mol. The Kier molecular flexibility index (Phi) is 4.15. The van der Waals surface area contributed by atoms with E-state index in [9.17, 15) is 4.79 Å². The average molecular weight is 299 g/mol. The molecule has 1 aliphatic rings. The van der Waals surface area contributed by atoms with Crippen molar-refractivity contribution >= 4 is 21.8 Å². The molecule has 0 radical (unpaired) electrons. The summed E-state index contributed by atoms with van der Waals surface area (Å²) in [6.45, 7) is 1.53. The zero-order valence-corrected chi connectivity index (χ0v) is 11.2. The van der Waals surface area contributed by atoms with E-state index in [2.05, 4.69) is 26.6 Å². The largest absolute Gasteiger partial charge is 0.378 e. The molecule has 5 heteroatoms. The van der Waals surface area contributed by atoms with Gasteiger partial charge < -0.3 is 15.4 Å². The van der Waals surface area contributed by atoms with Gasteiger partial charge in [0.15, 0.2) is 0 Å². The van der Waals surface area contributed by atoms with Gasteiger partial charge in [0.2, 0.25) is 0 Å². The van der Waals surface area contributed by atoms with Gasteiger partial charge in [-0.3, -0.25) is 4.79 Å². The minimum Gasteiger partial charge on any atom is -0.378 e. The lowest BCUT2D eigenvalue weighted by Crippen LogP contribution is -2.43. The topological polar surface area (TPSA) is 50.4 Å². The summed E-state index contributed by atoms with van der Waals surface area (Å²) in [4.78, 5) is 12.0. The number of ether oxygens (including phenoxy) is 1. The molecule has 17 heavy (non-hydrogen) atoms. The summed E-state index contributed by atoms with van der Waals surface area (Å²) < 4.78 is 6.26. The van der Waals surface area contributed by atoms with E-state index in [1.54, 1.807) is 19.2 Å². The van der Waals surface area contributed by atoms with E-state index in [1.807, 2.05) is 12.1 Å². The van der Waals surface area contributed by atoms with Crippen molar-refractivity contribution in [3.63, 3.8) is 0 Å². The smallest absolute Gasteiger partial charge is 0.251 e. The van der Waals surface area contributed by atoms with Gasteiger partial charge in [0, 0.05) is 30.2 Å². The molecule has 1 aromatic carbocycles. The minimum atomic E-state index is -0.0618. The molecule has 92 valence electrons. The lowest BCUT2D eigenvalue weighted by Gasteiger charge is -2.18. The predicted octanol–water partition coefficient (Wildman–Crippen LogP) is 1.17. The third-order valence-corrected chi connectivity index (χ3v) is 3.41. The number of amides is 1. The van der Waals surface area contributed by atoms with Gasteiger partial charge in [-0.15, -0.1) is 0 Å². The number of benzene rings is 1. The Labute approximate surface area is 109 Å². The number of halogens is 1. The maximum Gasteiger partial charge on any atom is 0.251 e. The summed E-state index contributed by atoms with van der Waals surface area (Å²) in [5.74, 6) is -0.0618. The normalized spacial score (nSPS) is 23.6. The number of carbonyl (C=O) groups is 1. The summed E-state index contributed by atoms with van der Waals surface area (Å²) >= 11 is 3.34. The molecule has 0 bridgehead atoms. The molecule has 0 aliphatic carbocycles. The molecule has 1 unspecified atom stereocenters. The fourth-order valence-electron chi connectivity index (χ4n) is 1.90. The molecular formula is C12H15BrN2O2. The molecule has 1 aliphatic heterocycles. The molecule has 1 fully saturated rings. The van der Waals surface area contributed by atoms with E-state index in [4.69, 9.17) is 4.74 Å². The lowest BCUT2D eigenvalue weighted by molar-refractivity contribution is 0.0780. The number of carbonyl (C=O) groups excluding carboxylic acids is 1. The quantitative estimate of drug-likeness (QED) is 0.881. The van der Waals surface area contributed by atoms with Crippen LogP contribution >= 0.6 is 15.9 Å². The molecule has 1 amide bonds. The summed E-state index contributed by atoms with van der Waals surface area (Å²) in [5.41, 5.74) is 0.662. The van der Waals surface area contributed by atoms with Crippen molar-refractivity contribution in [2.24, 2.45) is 0 Å². The van der Waals surface area contributed by atoms with E-state index < -0.39 is 0 Å². The van der Waals surface area contributed by atoms with Crippen molar-refractivity contribution in [3.05, 3.63) is 34.3 Å². The number of rotatable bonds is 3. The summed E-state index contributed by atoms with van der Waals surface area (Å²) in [6, 6.07) is 7.34. The van der Waals surface area contributed by atoms with E-state index in [0.29, 0.717) is 5.56 Å². The predicted molar refractivity (Wildman–Crippen MR) is 69.1 cm³/mol. The monoisotopic (exact) mass is 298 g/mol. The van der Waals surface area contributed by atoms with Crippen LogP contribution in [0.5, 0.6) is 0 Å². The highest BCUT2D eigenvalue weighted by Gasteiger charge is 2.28. The lowest BCUT2D eigenvalue weighted by atomic mass is 10.1. The number of hydrogen-bond acceptors (Lipinski definition) is 3. The van der Waals surface area contributed by atoms with Crippen molar-refractivity contribution in [1.29, 1.82) is 0 Å². The first-order valence-corrected chi connectivity index (χ1v) is 6.30. The van der Waals surface area contributed by atoms with Gasteiger partial charge >= 0.3 is 0 Å². The summed E-state index contributed by atoms with van der Waals surface area (Å²) in [5, 5.41) is 6.17. The molecule has 4 nitrogen and oxygen atoms in total. The van der Waals surface area contributed by atoms with E-state index in [-0.39, 0.29) is 18.1 Å². The van der Waals surface area contributed by atoms with Crippen LogP contribution in [0, 0.1) is 0 Å². The molecule has 1 heterocycles. The molecule has 2 N–H and O–H groups in total. The second-order valence-corrected chi connectivity index (χ2v) is 4.93. The third kappa shape index (κ3) is 3.06. The first-order chi connectivity index (χ1) is 8.20. The van der Waals surface area contributed by atoms with Crippen LogP contribution in [-0.4, -0.2) is 38.3 Å². The second-order valence-electron chi connectivity index (χ2n) is 4.02. The van der Waals surface area contributed by atoms with Crippen molar-refractivity contribution in [3.8, 4) is 0 Å². The van der Waals surface area contributed by atoms with Crippen LogP contribution < -0.4 is 10.6 Å². The SMILES string of the molecule is CO[C@@H]1CNCC1NC(=O)c1ccc(Br)cc1. The fourth-order valence-corrected chi connectivity index (χ4v) is 2.16. The van der Waals surface area contributed by atoms with Crippen molar-refractivity contribution in [2.45, 2.75) is 12.1 Å². The molecule has 0 saturated carbocycles. The second kappa shape index (κ2) is 5.62. The van der Waals surface area contributed by atoms with Crippen LogP contribution in [0.3, 0.4) is 0 Å².